The van der Waals surface area contributed by atoms with E-state index in [-0.39, 0.29) is 23.3 Å². The third-order valence-electron chi connectivity index (χ3n) is 4.80. The molecule has 1 aliphatic rings. The van der Waals surface area contributed by atoms with Gasteiger partial charge in [0, 0.05) is 24.0 Å². The van der Waals surface area contributed by atoms with E-state index < -0.39 is 10.0 Å². The van der Waals surface area contributed by atoms with E-state index in [1.807, 2.05) is 6.07 Å². The van der Waals surface area contributed by atoms with Crippen molar-refractivity contribution >= 4 is 33.2 Å². The van der Waals surface area contributed by atoms with Crippen LogP contribution in [0.15, 0.2) is 53.4 Å². The molecule has 0 radical (unpaired) electrons. The summed E-state index contributed by atoms with van der Waals surface area (Å²) in [6.07, 6.45) is 2.40. The van der Waals surface area contributed by atoms with E-state index in [0.29, 0.717) is 29.4 Å². The number of para-hydroxylation sites is 2. The lowest BCUT2D eigenvalue weighted by molar-refractivity contribution is -0.117. The summed E-state index contributed by atoms with van der Waals surface area (Å²) in [5, 5.41) is 3.30. The number of amides is 1. The van der Waals surface area contributed by atoms with E-state index in [4.69, 9.17) is 16.3 Å². The van der Waals surface area contributed by atoms with Gasteiger partial charge in [-0.1, -0.05) is 30.2 Å². The highest BCUT2D eigenvalue weighted by molar-refractivity contribution is 7.89. The molecular formula is C20H23ClN2O4S. The van der Waals surface area contributed by atoms with Crippen LogP contribution in [0.1, 0.15) is 25.7 Å². The summed E-state index contributed by atoms with van der Waals surface area (Å²) >= 11 is 5.88. The van der Waals surface area contributed by atoms with Gasteiger partial charge in [0.2, 0.25) is 15.9 Å². The number of carbonyl (C=O) groups is 1. The average Bonchev–Trinajstić information content (AvgIpc) is 2.69. The number of sulfonamides is 1. The number of nitrogens with zero attached hydrogens (tertiary/aromatic N) is 1. The SMILES string of the molecule is COc1ccccc1NC(=O)CC1CCCCN1S(=O)(=O)c1ccc(Cl)cc1. The molecule has 2 aromatic rings. The highest BCUT2D eigenvalue weighted by atomic mass is 35.5. The maximum Gasteiger partial charge on any atom is 0.243 e. The van der Waals surface area contributed by atoms with Crippen LogP contribution in [0.25, 0.3) is 0 Å². The fraction of sp³-hybridized carbons (Fsp3) is 0.350. The lowest BCUT2D eigenvalue weighted by Gasteiger charge is -2.34. The van der Waals surface area contributed by atoms with Crippen molar-refractivity contribution in [1.29, 1.82) is 0 Å². The summed E-state index contributed by atoms with van der Waals surface area (Å²) in [5.74, 6) is 0.317. The van der Waals surface area contributed by atoms with Crippen molar-refractivity contribution in [3.05, 3.63) is 53.6 Å². The Bertz CT molecular complexity index is 931. The Labute approximate surface area is 170 Å². The van der Waals surface area contributed by atoms with E-state index in [2.05, 4.69) is 5.32 Å². The first-order valence-corrected chi connectivity index (χ1v) is 10.9. The van der Waals surface area contributed by atoms with Crippen molar-refractivity contribution in [3.63, 3.8) is 0 Å². The Morgan fingerprint density at radius 2 is 1.89 bits per heavy atom. The first-order valence-electron chi connectivity index (χ1n) is 9.12. The number of methoxy groups -OCH3 is 1. The molecular weight excluding hydrogens is 400 g/mol. The summed E-state index contributed by atoms with van der Waals surface area (Å²) in [6.45, 7) is 0.400. The van der Waals surface area contributed by atoms with Gasteiger partial charge >= 0.3 is 0 Å². The van der Waals surface area contributed by atoms with Gasteiger partial charge in [0.1, 0.15) is 5.75 Å². The first kappa shape index (κ1) is 20.6. The van der Waals surface area contributed by atoms with Crippen LogP contribution in [0, 0.1) is 0 Å². The van der Waals surface area contributed by atoms with Crippen LogP contribution in [0.4, 0.5) is 5.69 Å². The van der Waals surface area contributed by atoms with Crippen LogP contribution >= 0.6 is 11.6 Å². The minimum absolute atomic E-state index is 0.0882. The molecule has 3 rings (SSSR count). The molecule has 1 unspecified atom stereocenters. The lowest BCUT2D eigenvalue weighted by Crippen LogP contribution is -2.45. The minimum Gasteiger partial charge on any atom is -0.495 e. The van der Waals surface area contributed by atoms with Gasteiger partial charge in [-0.05, 0) is 49.2 Å². The molecule has 1 aliphatic heterocycles. The molecule has 0 bridgehead atoms. The molecule has 0 saturated carbocycles. The van der Waals surface area contributed by atoms with Gasteiger partial charge in [0.25, 0.3) is 0 Å². The largest absolute Gasteiger partial charge is 0.495 e. The maximum atomic E-state index is 13.1. The zero-order chi connectivity index (χ0) is 20.1. The molecule has 150 valence electrons. The first-order chi connectivity index (χ1) is 13.4. The normalized spacial score (nSPS) is 17.9. The Morgan fingerprint density at radius 3 is 2.61 bits per heavy atom. The van der Waals surface area contributed by atoms with Crippen LogP contribution in [-0.4, -0.2) is 38.3 Å². The second kappa shape index (κ2) is 8.94. The zero-order valence-corrected chi connectivity index (χ0v) is 17.2. The molecule has 1 saturated heterocycles. The number of rotatable bonds is 6. The predicted octanol–water partition coefficient (Wildman–Crippen LogP) is 3.92. The number of carbonyl (C=O) groups excluding carboxylic acids is 1. The Kier molecular flexibility index (Phi) is 6.59. The Balaban J connectivity index is 1.76. The number of nitrogens with one attached hydrogen (secondary N) is 1. The van der Waals surface area contributed by atoms with E-state index in [1.54, 1.807) is 30.3 Å². The third-order valence-corrected chi connectivity index (χ3v) is 7.01. The molecule has 28 heavy (non-hydrogen) atoms. The van der Waals surface area contributed by atoms with E-state index in [0.717, 1.165) is 12.8 Å². The van der Waals surface area contributed by atoms with Crippen molar-refractivity contribution in [1.82, 2.24) is 4.31 Å². The molecule has 2 aromatic carbocycles. The van der Waals surface area contributed by atoms with Crippen molar-refractivity contribution in [2.45, 2.75) is 36.6 Å². The monoisotopic (exact) mass is 422 g/mol. The molecule has 0 spiro atoms. The van der Waals surface area contributed by atoms with E-state index in [9.17, 15) is 13.2 Å². The van der Waals surface area contributed by atoms with Crippen molar-refractivity contribution in [3.8, 4) is 5.75 Å². The van der Waals surface area contributed by atoms with Crippen molar-refractivity contribution in [2.24, 2.45) is 0 Å². The molecule has 1 fully saturated rings. The predicted molar refractivity (Wildman–Crippen MR) is 109 cm³/mol. The van der Waals surface area contributed by atoms with Gasteiger partial charge in [-0.2, -0.15) is 4.31 Å². The number of piperidine rings is 1. The van der Waals surface area contributed by atoms with Crippen molar-refractivity contribution < 1.29 is 17.9 Å². The summed E-state index contributed by atoms with van der Waals surface area (Å²) in [4.78, 5) is 12.8. The summed E-state index contributed by atoms with van der Waals surface area (Å²) < 4.78 is 32.9. The summed E-state index contributed by atoms with van der Waals surface area (Å²) in [7, 11) is -2.15. The van der Waals surface area contributed by atoms with Gasteiger partial charge in [-0.15, -0.1) is 0 Å². The fourth-order valence-electron chi connectivity index (χ4n) is 3.40. The number of benzene rings is 2. The molecule has 1 atom stereocenters. The number of hydrogen-bond donors (Lipinski definition) is 1. The number of anilines is 1. The second-order valence-electron chi connectivity index (χ2n) is 6.67. The Morgan fingerprint density at radius 1 is 1.18 bits per heavy atom. The molecule has 6 nitrogen and oxygen atoms in total. The number of halogens is 1. The second-order valence-corrected chi connectivity index (χ2v) is 9.00. The van der Waals surface area contributed by atoms with E-state index >= 15 is 0 Å². The molecule has 1 heterocycles. The Hall–Kier alpha value is -2.09. The van der Waals surface area contributed by atoms with Crippen LogP contribution in [0.5, 0.6) is 5.75 Å². The minimum atomic E-state index is -3.69. The zero-order valence-electron chi connectivity index (χ0n) is 15.6. The quantitative estimate of drug-likeness (QED) is 0.765. The highest BCUT2D eigenvalue weighted by Crippen LogP contribution is 2.29. The highest BCUT2D eigenvalue weighted by Gasteiger charge is 2.34. The van der Waals surface area contributed by atoms with Crippen LogP contribution in [0.2, 0.25) is 5.02 Å². The van der Waals surface area contributed by atoms with Crippen LogP contribution in [0.3, 0.4) is 0 Å². The van der Waals surface area contributed by atoms with Crippen LogP contribution in [-0.2, 0) is 14.8 Å². The molecule has 0 aliphatic carbocycles. The fourth-order valence-corrected chi connectivity index (χ4v) is 5.22. The number of hydrogen-bond acceptors (Lipinski definition) is 4. The standard InChI is InChI=1S/C20H23ClN2O4S/c1-27-19-8-3-2-7-18(19)22-20(24)14-16-6-4-5-13-23(16)28(25,26)17-11-9-15(21)10-12-17/h2-3,7-12,16H,4-6,13-14H2,1H3,(H,22,24). The van der Waals surface area contributed by atoms with Gasteiger partial charge < -0.3 is 10.1 Å². The maximum absolute atomic E-state index is 13.1. The van der Waals surface area contributed by atoms with E-state index in [1.165, 1.54) is 23.5 Å². The van der Waals surface area contributed by atoms with Gasteiger partial charge in [-0.25, -0.2) is 8.42 Å². The van der Waals surface area contributed by atoms with Crippen molar-refractivity contribution in [2.75, 3.05) is 19.0 Å². The topological polar surface area (TPSA) is 75.7 Å². The van der Waals surface area contributed by atoms with Crippen LogP contribution < -0.4 is 10.1 Å². The summed E-state index contributed by atoms with van der Waals surface area (Å²) in [5.41, 5.74) is 0.568. The van der Waals surface area contributed by atoms with Gasteiger partial charge in [0.15, 0.2) is 0 Å². The lowest BCUT2D eigenvalue weighted by atomic mass is 10.0. The van der Waals surface area contributed by atoms with Gasteiger partial charge in [-0.3, -0.25) is 4.79 Å². The number of ether oxygens (including phenoxy) is 1. The third kappa shape index (κ3) is 4.66. The molecule has 1 amide bonds. The van der Waals surface area contributed by atoms with Gasteiger partial charge in [0.05, 0.1) is 17.7 Å². The molecule has 0 aromatic heterocycles. The smallest absolute Gasteiger partial charge is 0.243 e. The molecule has 8 heteroatoms. The summed E-state index contributed by atoms with van der Waals surface area (Å²) in [6, 6.07) is 12.9. The average molecular weight is 423 g/mol. The molecule has 1 N–H and O–H groups in total.